The number of nitrogens with zero attached hydrogens (tertiary/aromatic N) is 2. The third kappa shape index (κ3) is 9.05. The molecule has 0 unspecified atom stereocenters. The number of hydrazone groups is 1. The molecule has 0 saturated carbocycles. The molecule has 0 spiro atoms. The van der Waals surface area contributed by atoms with Gasteiger partial charge in [-0.05, 0) is 42.7 Å². The monoisotopic (exact) mass is 441 g/mol. The second kappa shape index (κ2) is 13.7. The number of nitrogens with two attached hydrogens (primary N) is 1. The molecule has 0 radical (unpaired) electrons. The molecule has 0 fully saturated rings. The van der Waals surface area contributed by atoms with E-state index in [1.54, 1.807) is 48.1 Å². The van der Waals surface area contributed by atoms with Crippen LogP contribution in [0.15, 0.2) is 58.6 Å². The summed E-state index contributed by atoms with van der Waals surface area (Å²) in [6, 6.07) is 13.2. The van der Waals surface area contributed by atoms with E-state index < -0.39 is 5.91 Å². The SMILES string of the molecule is N/N=C(\C=NCc1ccc(F)cc1)c1ccc(NC(=O)CCCCCCC(=O)NO)cc1. The smallest absolute Gasteiger partial charge is 0.243 e. The van der Waals surface area contributed by atoms with Crippen molar-refractivity contribution in [2.24, 2.45) is 15.9 Å². The summed E-state index contributed by atoms with van der Waals surface area (Å²) in [5.74, 6) is 4.71. The molecule has 0 aliphatic heterocycles. The fourth-order valence-corrected chi connectivity index (χ4v) is 2.94. The number of carbonyl (C=O) groups is 2. The zero-order valence-corrected chi connectivity index (χ0v) is 17.8. The van der Waals surface area contributed by atoms with Gasteiger partial charge in [-0.15, -0.1) is 0 Å². The number of nitrogens with one attached hydrogen (secondary N) is 2. The number of benzene rings is 2. The minimum absolute atomic E-state index is 0.0839. The minimum atomic E-state index is -0.395. The number of anilines is 1. The molecular formula is C23H28FN5O3. The molecule has 32 heavy (non-hydrogen) atoms. The molecular weight excluding hydrogens is 413 g/mol. The van der Waals surface area contributed by atoms with E-state index in [1.165, 1.54) is 12.1 Å². The molecule has 2 amide bonds. The van der Waals surface area contributed by atoms with Crippen molar-refractivity contribution >= 4 is 29.4 Å². The molecule has 9 heteroatoms. The molecule has 0 atom stereocenters. The molecule has 0 aliphatic rings. The quantitative estimate of drug-likeness (QED) is 0.132. The first-order valence-electron chi connectivity index (χ1n) is 10.4. The van der Waals surface area contributed by atoms with Crippen LogP contribution in [-0.4, -0.2) is 28.9 Å². The van der Waals surface area contributed by atoms with Gasteiger partial charge in [0.25, 0.3) is 0 Å². The maximum absolute atomic E-state index is 12.9. The minimum Gasteiger partial charge on any atom is -0.326 e. The third-order valence-corrected chi connectivity index (χ3v) is 4.69. The number of hydrogen-bond acceptors (Lipinski definition) is 6. The van der Waals surface area contributed by atoms with Gasteiger partial charge in [-0.25, -0.2) is 9.87 Å². The number of unbranched alkanes of at least 4 members (excludes halogenated alkanes) is 3. The lowest BCUT2D eigenvalue weighted by Gasteiger charge is -2.07. The van der Waals surface area contributed by atoms with E-state index in [-0.39, 0.29) is 18.1 Å². The van der Waals surface area contributed by atoms with Crippen LogP contribution in [0.1, 0.15) is 49.7 Å². The van der Waals surface area contributed by atoms with Crippen molar-refractivity contribution in [3.63, 3.8) is 0 Å². The summed E-state index contributed by atoms with van der Waals surface area (Å²) in [5, 5.41) is 15.0. The Morgan fingerprint density at radius 1 is 0.938 bits per heavy atom. The summed E-state index contributed by atoms with van der Waals surface area (Å²) in [5.41, 5.74) is 4.37. The van der Waals surface area contributed by atoms with E-state index in [2.05, 4.69) is 15.4 Å². The maximum Gasteiger partial charge on any atom is 0.243 e. The van der Waals surface area contributed by atoms with E-state index in [0.29, 0.717) is 30.8 Å². The van der Waals surface area contributed by atoms with Crippen LogP contribution < -0.4 is 16.6 Å². The summed E-state index contributed by atoms with van der Waals surface area (Å²) >= 11 is 0. The van der Waals surface area contributed by atoms with E-state index in [1.807, 2.05) is 0 Å². The highest BCUT2D eigenvalue weighted by Crippen LogP contribution is 2.12. The Bertz CT molecular complexity index is 928. The highest BCUT2D eigenvalue weighted by atomic mass is 19.1. The van der Waals surface area contributed by atoms with Crippen LogP contribution in [-0.2, 0) is 16.1 Å². The number of aliphatic imine (C=N–C) groups is 1. The Morgan fingerprint density at radius 3 is 2.16 bits per heavy atom. The van der Waals surface area contributed by atoms with Crippen molar-refractivity contribution < 1.29 is 19.2 Å². The van der Waals surface area contributed by atoms with E-state index in [4.69, 9.17) is 11.0 Å². The number of hydrogen-bond donors (Lipinski definition) is 4. The van der Waals surface area contributed by atoms with Crippen LogP contribution in [0, 0.1) is 5.82 Å². The zero-order chi connectivity index (χ0) is 23.2. The average Bonchev–Trinajstić information content (AvgIpc) is 2.80. The number of amides is 2. The predicted octanol–water partition coefficient (Wildman–Crippen LogP) is 3.54. The molecule has 2 aromatic carbocycles. The average molecular weight is 442 g/mol. The van der Waals surface area contributed by atoms with Crippen molar-refractivity contribution in [1.82, 2.24) is 5.48 Å². The van der Waals surface area contributed by atoms with Gasteiger partial charge in [0.05, 0.1) is 6.54 Å². The van der Waals surface area contributed by atoms with Crippen molar-refractivity contribution in [3.05, 3.63) is 65.5 Å². The molecule has 170 valence electrons. The van der Waals surface area contributed by atoms with Gasteiger partial charge in [0.15, 0.2) is 0 Å². The Labute approximate surface area is 186 Å². The second-order valence-electron chi connectivity index (χ2n) is 7.19. The van der Waals surface area contributed by atoms with Crippen LogP contribution in [0.3, 0.4) is 0 Å². The molecule has 0 bridgehead atoms. The highest BCUT2D eigenvalue weighted by Gasteiger charge is 2.05. The standard InChI is InChI=1S/C23H28FN5O3/c24-19-11-7-17(8-12-19)15-26-16-21(28-25)18-9-13-20(14-10-18)27-22(30)5-3-1-2-4-6-23(31)29-32/h7-14,16,32H,1-6,15,25H2,(H,27,30)(H,29,31)/b26-16?,28-21+. The normalized spacial score (nSPS) is 11.5. The Morgan fingerprint density at radius 2 is 1.56 bits per heavy atom. The van der Waals surface area contributed by atoms with Gasteiger partial charge < -0.3 is 11.2 Å². The van der Waals surface area contributed by atoms with Gasteiger partial charge >= 0.3 is 0 Å². The van der Waals surface area contributed by atoms with Crippen LogP contribution in [0.5, 0.6) is 0 Å². The largest absolute Gasteiger partial charge is 0.326 e. The van der Waals surface area contributed by atoms with Crippen LogP contribution >= 0.6 is 0 Å². The fraction of sp³-hybridized carbons (Fsp3) is 0.304. The lowest BCUT2D eigenvalue weighted by Crippen LogP contribution is -2.17. The first-order valence-corrected chi connectivity index (χ1v) is 10.4. The lowest BCUT2D eigenvalue weighted by atomic mass is 10.1. The maximum atomic E-state index is 12.9. The third-order valence-electron chi connectivity index (χ3n) is 4.69. The zero-order valence-electron chi connectivity index (χ0n) is 17.8. The Hall–Kier alpha value is -3.59. The van der Waals surface area contributed by atoms with Crippen LogP contribution in [0.25, 0.3) is 0 Å². The van der Waals surface area contributed by atoms with Crippen LogP contribution in [0.4, 0.5) is 10.1 Å². The summed E-state index contributed by atoms with van der Waals surface area (Å²) in [6.07, 6.45) is 5.27. The second-order valence-corrected chi connectivity index (χ2v) is 7.19. The van der Waals surface area contributed by atoms with Gasteiger partial charge in [-0.3, -0.25) is 19.8 Å². The summed E-state index contributed by atoms with van der Waals surface area (Å²) in [6.45, 7) is 0.377. The summed E-state index contributed by atoms with van der Waals surface area (Å²) < 4.78 is 12.9. The number of hydroxylamine groups is 1. The molecule has 8 nitrogen and oxygen atoms in total. The van der Waals surface area contributed by atoms with Crippen LogP contribution in [0.2, 0.25) is 0 Å². The molecule has 0 heterocycles. The summed E-state index contributed by atoms with van der Waals surface area (Å²) in [7, 11) is 0. The number of carbonyl (C=O) groups excluding carboxylic acids is 2. The van der Waals surface area contributed by atoms with E-state index in [9.17, 15) is 14.0 Å². The molecule has 5 N–H and O–H groups in total. The number of halogens is 1. The van der Waals surface area contributed by atoms with E-state index in [0.717, 1.165) is 30.4 Å². The first kappa shape index (κ1) is 24.7. The van der Waals surface area contributed by atoms with Crippen molar-refractivity contribution in [1.29, 1.82) is 0 Å². The van der Waals surface area contributed by atoms with Gasteiger partial charge in [0, 0.05) is 30.3 Å². The predicted molar refractivity (Wildman–Crippen MR) is 122 cm³/mol. The summed E-state index contributed by atoms with van der Waals surface area (Å²) in [4.78, 5) is 27.3. The number of rotatable bonds is 12. The van der Waals surface area contributed by atoms with Gasteiger partial charge in [0.2, 0.25) is 11.8 Å². The van der Waals surface area contributed by atoms with Gasteiger partial charge in [-0.2, -0.15) is 5.10 Å². The van der Waals surface area contributed by atoms with Gasteiger partial charge in [0.1, 0.15) is 11.5 Å². The molecule has 2 aromatic rings. The molecule has 0 saturated heterocycles. The lowest BCUT2D eigenvalue weighted by molar-refractivity contribution is -0.129. The molecule has 0 aromatic heterocycles. The molecule has 0 aliphatic carbocycles. The Kier molecular flexibility index (Phi) is 10.5. The van der Waals surface area contributed by atoms with Crippen molar-refractivity contribution in [2.75, 3.05) is 5.32 Å². The molecule has 2 rings (SSSR count). The first-order chi connectivity index (χ1) is 15.5. The Balaban J connectivity index is 1.76. The van der Waals surface area contributed by atoms with Gasteiger partial charge in [-0.1, -0.05) is 37.1 Å². The topological polar surface area (TPSA) is 129 Å². The van der Waals surface area contributed by atoms with E-state index >= 15 is 0 Å². The highest BCUT2D eigenvalue weighted by molar-refractivity contribution is 6.38. The van der Waals surface area contributed by atoms with Crippen molar-refractivity contribution in [3.8, 4) is 0 Å². The van der Waals surface area contributed by atoms with Crippen molar-refractivity contribution in [2.45, 2.75) is 45.1 Å². The fourth-order valence-electron chi connectivity index (χ4n) is 2.94.